The molecule has 9 nitrogen and oxygen atoms in total. The van der Waals surface area contributed by atoms with E-state index in [1.807, 2.05) is 0 Å². The van der Waals surface area contributed by atoms with E-state index in [-0.39, 0.29) is 30.1 Å². The summed E-state index contributed by atoms with van der Waals surface area (Å²) in [6.45, 7) is 1.42. The minimum atomic E-state index is -0.628. The molecule has 1 aromatic rings. The van der Waals surface area contributed by atoms with Gasteiger partial charge in [0.2, 0.25) is 5.91 Å². The molecule has 24 heavy (non-hydrogen) atoms. The van der Waals surface area contributed by atoms with Gasteiger partial charge in [-0.25, -0.2) is 0 Å². The molecular weight excluding hydrogens is 318 g/mol. The molecule has 2 N–H and O–H groups in total. The van der Waals surface area contributed by atoms with Gasteiger partial charge in [-0.3, -0.25) is 19.4 Å². The van der Waals surface area contributed by atoms with Crippen molar-refractivity contribution in [3.8, 4) is 5.75 Å². The van der Waals surface area contributed by atoms with Gasteiger partial charge >= 0.3 is 0 Å². The number of carboxylic acid groups (broad SMARTS) is 1. The summed E-state index contributed by atoms with van der Waals surface area (Å²) < 4.78 is 5.85. The van der Waals surface area contributed by atoms with Crippen LogP contribution in [-0.2, 0) is 14.3 Å². The molecule has 128 valence electrons. The minimum absolute atomic E-state index is 0.0454. The fourth-order valence-corrected chi connectivity index (χ4v) is 3.75. The summed E-state index contributed by atoms with van der Waals surface area (Å²) in [5.41, 5.74) is -0.298. The average molecular weight is 335 g/mol. The van der Waals surface area contributed by atoms with E-state index in [1.54, 1.807) is 9.80 Å². The van der Waals surface area contributed by atoms with Crippen LogP contribution in [-0.4, -0.2) is 74.7 Å². The standard InChI is InChI=1S/C14H15N3O4.CH2O2/c18-10-5-9(7-15-8-10)13(20)16-2-1-14-11(16)6-12(19)17(14)3-4-21-14;2-1-3/h5,7-8,11,18H,1-4,6H2;1H,(H,2,3)/t11-,14+;/m1./s1. The smallest absolute Gasteiger partial charge is 0.290 e. The average Bonchev–Trinajstić information content (AvgIpc) is 3.19. The topological polar surface area (TPSA) is 120 Å². The minimum Gasteiger partial charge on any atom is -0.506 e. The van der Waals surface area contributed by atoms with Crippen molar-refractivity contribution in [1.29, 1.82) is 0 Å². The molecule has 3 saturated heterocycles. The second-order valence-electron chi connectivity index (χ2n) is 5.74. The fraction of sp³-hybridized carbons (Fsp3) is 0.467. The lowest BCUT2D eigenvalue weighted by Crippen LogP contribution is -2.48. The largest absolute Gasteiger partial charge is 0.506 e. The van der Waals surface area contributed by atoms with Crippen molar-refractivity contribution in [2.24, 2.45) is 0 Å². The van der Waals surface area contributed by atoms with Crippen molar-refractivity contribution in [2.75, 3.05) is 19.7 Å². The number of hydrogen-bond donors (Lipinski definition) is 2. The Morgan fingerprint density at radius 1 is 1.42 bits per heavy atom. The molecule has 0 aromatic carbocycles. The zero-order valence-corrected chi connectivity index (χ0v) is 12.8. The summed E-state index contributed by atoms with van der Waals surface area (Å²) in [5.74, 6) is -0.217. The first kappa shape index (κ1) is 16.2. The van der Waals surface area contributed by atoms with Gasteiger partial charge in [-0.2, -0.15) is 0 Å². The van der Waals surface area contributed by atoms with Crippen molar-refractivity contribution >= 4 is 18.3 Å². The number of aromatic nitrogens is 1. The third-order valence-electron chi connectivity index (χ3n) is 4.63. The molecule has 0 saturated carbocycles. The monoisotopic (exact) mass is 335 g/mol. The van der Waals surface area contributed by atoms with Gasteiger partial charge in [0, 0.05) is 25.7 Å². The Labute approximate surface area is 137 Å². The van der Waals surface area contributed by atoms with Crippen LogP contribution in [0.1, 0.15) is 23.2 Å². The number of carbonyl (C=O) groups excluding carboxylic acids is 2. The lowest BCUT2D eigenvalue weighted by atomic mass is 10.1. The molecule has 0 bridgehead atoms. The predicted octanol–water partition coefficient (Wildman–Crippen LogP) is -0.339. The molecule has 9 heteroatoms. The van der Waals surface area contributed by atoms with Crippen LogP contribution in [0.15, 0.2) is 18.5 Å². The molecule has 2 amide bonds. The molecular formula is C15H17N3O6. The van der Waals surface area contributed by atoms with Gasteiger partial charge in [0.25, 0.3) is 12.4 Å². The van der Waals surface area contributed by atoms with Crippen molar-refractivity contribution in [3.63, 3.8) is 0 Å². The van der Waals surface area contributed by atoms with E-state index in [9.17, 15) is 14.7 Å². The third-order valence-corrected chi connectivity index (χ3v) is 4.63. The summed E-state index contributed by atoms with van der Waals surface area (Å²) in [6.07, 6.45) is 3.65. The van der Waals surface area contributed by atoms with E-state index in [4.69, 9.17) is 14.6 Å². The molecule has 4 rings (SSSR count). The van der Waals surface area contributed by atoms with Crippen LogP contribution >= 0.6 is 0 Å². The Bertz CT molecular complexity index is 681. The highest BCUT2D eigenvalue weighted by Gasteiger charge is 2.62. The van der Waals surface area contributed by atoms with E-state index in [0.717, 1.165) is 0 Å². The van der Waals surface area contributed by atoms with Crippen molar-refractivity contribution in [2.45, 2.75) is 24.6 Å². The quantitative estimate of drug-likeness (QED) is 0.674. The van der Waals surface area contributed by atoms with E-state index in [0.29, 0.717) is 38.1 Å². The maximum atomic E-state index is 12.6. The van der Waals surface area contributed by atoms with E-state index < -0.39 is 5.72 Å². The highest BCUT2D eigenvalue weighted by Crippen LogP contribution is 2.45. The van der Waals surface area contributed by atoms with Crippen LogP contribution < -0.4 is 0 Å². The van der Waals surface area contributed by atoms with E-state index >= 15 is 0 Å². The van der Waals surface area contributed by atoms with Gasteiger partial charge < -0.3 is 24.7 Å². The fourth-order valence-electron chi connectivity index (χ4n) is 3.75. The predicted molar refractivity (Wildman–Crippen MR) is 79.0 cm³/mol. The Hall–Kier alpha value is -2.68. The summed E-state index contributed by atoms with van der Waals surface area (Å²) in [4.78, 5) is 40.3. The summed E-state index contributed by atoms with van der Waals surface area (Å²) in [5, 5.41) is 16.4. The molecule has 3 aliphatic rings. The zero-order chi connectivity index (χ0) is 17.3. The summed E-state index contributed by atoms with van der Waals surface area (Å²) >= 11 is 0. The highest BCUT2D eigenvalue weighted by molar-refractivity contribution is 5.96. The Morgan fingerprint density at radius 3 is 2.88 bits per heavy atom. The van der Waals surface area contributed by atoms with Gasteiger partial charge in [-0.15, -0.1) is 0 Å². The van der Waals surface area contributed by atoms with Gasteiger partial charge in [0.15, 0.2) is 5.72 Å². The molecule has 3 fully saturated rings. The van der Waals surface area contributed by atoms with Crippen LogP contribution in [0.2, 0.25) is 0 Å². The van der Waals surface area contributed by atoms with E-state index in [1.165, 1.54) is 18.5 Å². The number of ether oxygens (including phenoxy) is 1. The SMILES string of the molecule is O=C(c1cncc(O)c1)N1CC[C@@]23OCCN2C(=O)C[C@@H]13.O=CO. The first-order valence-electron chi connectivity index (χ1n) is 7.51. The lowest BCUT2D eigenvalue weighted by molar-refractivity contribution is -0.136. The van der Waals surface area contributed by atoms with Crippen LogP contribution in [0.3, 0.4) is 0 Å². The maximum Gasteiger partial charge on any atom is 0.290 e. The van der Waals surface area contributed by atoms with Crippen molar-refractivity contribution < 1.29 is 29.3 Å². The van der Waals surface area contributed by atoms with Crippen LogP contribution in [0.5, 0.6) is 5.75 Å². The van der Waals surface area contributed by atoms with Gasteiger partial charge in [0.1, 0.15) is 5.75 Å². The molecule has 0 unspecified atom stereocenters. The normalized spacial score (nSPS) is 27.3. The number of likely N-dealkylation sites (tertiary alicyclic amines) is 1. The maximum absolute atomic E-state index is 12.6. The Kier molecular flexibility index (Phi) is 4.10. The second-order valence-corrected chi connectivity index (χ2v) is 5.74. The molecule has 1 spiro atoms. The van der Waals surface area contributed by atoms with Crippen molar-refractivity contribution in [3.05, 3.63) is 24.0 Å². The molecule has 1 aromatic heterocycles. The van der Waals surface area contributed by atoms with Gasteiger partial charge in [0.05, 0.1) is 30.8 Å². The van der Waals surface area contributed by atoms with E-state index in [2.05, 4.69) is 4.98 Å². The van der Waals surface area contributed by atoms with Crippen molar-refractivity contribution in [1.82, 2.24) is 14.8 Å². The second kappa shape index (κ2) is 6.08. The number of nitrogens with zero attached hydrogens (tertiary/aromatic N) is 3. The number of rotatable bonds is 1. The molecule has 0 aliphatic carbocycles. The summed E-state index contributed by atoms with van der Waals surface area (Å²) in [7, 11) is 0. The Morgan fingerprint density at radius 2 is 2.17 bits per heavy atom. The van der Waals surface area contributed by atoms with Gasteiger partial charge in [-0.1, -0.05) is 0 Å². The Balaban J connectivity index is 0.000000526. The molecule has 4 heterocycles. The third kappa shape index (κ3) is 2.37. The highest BCUT2D eigenvalue weighted by atomic mass is 16.5. The first-order chi connectivity index (χ1) is 11.5. The molecule has 2 atom stereocenters. The molecule has 0 radical (unpaired) electrons. The number of carbonyl (C=O) groups is 3. The first-order valence-corrected chi connectivity index (χ1v) is 7.51. The number of hydrogen-bond acceptors (Lipinski definition) is 6. The van der Waals surface area contributed by atoms with Crippen LogP contribution in [0, 0.1) is 0 Å². The van der Waals surface area contributed by atoms with Crippen LogP contribution in [0.25, 0.3) is 0 Å². The number of aromatic hydroxyl groups is 1. The lowest BCUT2D eigenvalue weighted by Gasteiger charge is -2.31. The van der Waals surface area contributed by atoms with Gasteiger partial charge in [-0.05, 0) is 6.07 Å². The summed E-state index contributed by atoms with van der Waals surface area (Å²) in [6, 6.07) is 1.15. The number of pyridine rings is 1. The number of amides is 2. The zero-order valence-electron chi connectivity index (χ0n) is 12.8. The molecule has 3 aliphatic heterocycles. The van der Waals surface area contributed by atoms with Crippen LogP contribution in [0.4, 0.5) is 0 Å².